The SMILES string of the molecule is CC(C)[C@H]1NC(=O)[C@@H]([C@H](C)O)NC(=O)[C@H](CCC(=O)O)NC(=O)[C@H]2CCCN2C(=O)[C@H]2CCCN2C(=O)[C@H](CC2CNC3CCCCC23)NC1=O. The minimum absolute atomic E-state index is 0.113. The molecule has 0 aromatic rings. The van der Waals surface area contributed by atoms with Crippen molar-refractivity contribution in [2.75, 3.05) is 19.6 Å². The van der Waals surface area contributed by atoms with Crippen molar-refractivity contribution in [3.63, 3.8) is 0 Å². The largest absolute Gasteiger partial charge is 0.481 e. The maximum absolute atomic E-state index is 14.5. The van der Waals surface area contributed by atoms with Gasteiger partial charge < -0.3 is 46.6 Å². The van der Waals surface area contributed by atoms with E-state index in [1.165, 1.54) is 16.7 Å². The molecule has 16 heteroatoms. The molecule has 284 valence electrons. The zero-order chi connectivity index (χ0) is 37.0. The van der Waals surface area contributed by atoms with Crippen LogP contribution >= 0.6 is 0 Å². The highest BCUT2D eigenvalue weighted by atomic mass is 16.4. The Labute approximate surface area is 298 Å². The van der Waals surface area contributed by atoms with Gasteiger partial charge in [-0.1, -0.05) is 26.7 Å². The summed E-state index contributed by atoms with van der Waals surface area (Å²) in [6, 6.07) is -6.54. The van der Waals surface area contributed by atoms with Gasteiger partial charge in [-0.2, -0.15) is 0 Å². The van der Waals surface area contributed by atoms with E-state index in [1.54, 1.807) is 13.8 Å². The third-order valence-electron chi connectivity index (χ3n) is 11.5. The molecule has 51 heavy (non-hydrogen) atoms. The lowest BCUT2D eigenvalue weighted by molar-refractivity contribution is -0.148. The van der Waals surface area contributed by atoms with Crippen molar-refractivity contribution in [1.29, 1.82) is 0 Å². The normalized spacial score (nSPS) is 34.8. The van der Waals surface area contributed by atoms with E-state index in [4.69, 9.17) is 0 Å². The van der Waals surface area contributed by atoms with Gasteiger partial charge in [-0.05, 0) is 82.6 Å². The van der Waals surface area contributed by atoms with E-state index < -0.39 is 84.3 Å². The summed E-state index contributed by atoms with van der Waals surface area (Å²) < 4.78 is 0. The molecule has 4 heterocycles. The van der Waals surface area contributed by atoms with Gasteiger partial charge >= 0.3 is 5.97 Å². The van der Waals surface area contributed by atoms with Crippen molar-refractivity contribution in [2.45, 2.75) is 140 Å². The lowest BCUT2D eigenvalue weighted by Gasteiger charge is -2.36. The number of fused-ring (bicyclic) bond motifs is 3. The fourth-order valence-corrected chi connectivity index (χ4v) is 8.70. The Morgan fingerprint density at radius 1 is 0.725 bits per heavy atom. The van der Waals surface area contributed by atoms with Crippen molar-refractivity contribution in [2.24, 2.45) is 17.8 Å². The number of carboxylic acid groups (broad SMARTS) is 1. The molecule has 4 aliphatic heterocycles. The average Bonchev–Trinajstić information content (AvgIpc) is 3.86. The molecule has 5 rings (SSSR count). The number of carbonyl (C=O) groups is 7. The van der Waals surface area contributed by atoms with Crippen molar-refractivity contribution in [1.82, 2.24) is 36.4 Å². The number of carboxylic acids is 1. The first-order valence-corrected chi connectivity index (χ1v) is 18.7. The van der Waals surface area contributed by atoms with E-state index >= 15 is 0 Å². The Hall–Kier alpha value is -3.79. The van der Waals surface area contributed by atoms with Gasteiger partial charge in [0.2, 0.25) is 35.4 Å². The van der Waals surface area contributed by atoms with Crippen LogP contribution in [0.15, 0.2) is 0 Å². The molecule has 0 spiro atoms. The number of aliphatic hydroxyl groups excluding tert-OH is 1. The fraction of sp³-hybridized carbons (Fsp3) is 0.800. The summed E-state index contributed by atoms with van der Waals surface area (Å²) in [5.74, 6) is -4.99. The minimum Gasteiger partial charge on any atom is -0.481 e. The van der Waals surface area contributed by atoms with Gasteiger partial charge in [0.25, 0.3) is 0 Å². The van der Waals surface area contributed by atoms with Crippen LogP contribution in [0.5, 0.6) is 0 Å². The van der Waals surface area contributed by atoms with Crippen LogP contribution in [-0.4, -0.2) is 129 Å². The Bertz CT molecular complexity index is 1360. The van der Waals surface area contributed by atoms with Gasteiger partial charge in [-0.3, -0.25) is 33.6 Å². The highest BCUT2D eigenvalue weighted by Crippen LogP contribution is 2.37. The smallest absolute Gasteiger partial charge is 0.303 e. The summed E-state index contributed by atoms with van der Waals surface area (Å²) in [7, 11) is 0. The van der Waals surface area contributed by atoms with Crippen LogP contribution in [0.25, 0.3) is 0 Å². The van der Waals surface area contributed by atoms with Gasteiger partial charge in [0, 0.05) is 25.6 Å². The molecule has 4 saturated heterocycles. The number of hydrogen-bond donors (Lipinski definition) is 7. The highest BCUT2D eigenvalue weighted by Gasteiger charge is 2.46. The number of amides is 6. The predicted molar refractivity (Wildman–Crippen MR) is 182 cm³/mol. The van der Waals surface area contributed by atoms with Gasteiger partial charge in [0.15, 0.2) is 0 Å². The average molecular weight is 718 g/mol. The number of nitrogens with one attached hydrogen (secondary N) is 5. The summed E-state index contributed by atoms with van der Waals surface area (Å²) >= 11 is 0. The molecule has 0 aromatic heterocycles. The molecule has 10 atom stereocenters. The first-order chi connectivity index (χ1) is 24.3. The van der Waals surface area contributed by atoms with Crippen molar-refractivity contribution < 1.29 is 43.8 Å². The van der Waals surface area contributed by atoms with Crippen LogP contribution in [0, 0.1) is 17.8 Å². The quantitative estimate of drug-likeness (QED) is 0.170. The van der Waals surface area contributed by atoms with E-state index in [0.29, 0.717) is 57.2 Å². The van der Waals surface area contributed by atoms with Crippen molar-refractivity contribution in [3.05, 3.63) is 0 Å². The number of aliphatic carboxylic acids is 1. The third-order valence-corrected chi connectivity index (χ3v) is 11.5. The standard InChI is InChI=1S/C35H55N7O9/c1-18(2)28-32(48)38-24(16-20-17-36-22-9-5-4-8-21(20)22)34(50)42-15-7-11-26(42)35(51)41-14-6-10-25(41)31(47)37-23(12-13-27(44)45)30(46)40-29(19(3)43)33(49)39-28/h18-26,28-29,36,43H,4-17H2,1-3H3,(H,37,47)(H,38,48)(H,39,49)(H,40,46)(H,44,45)/t19-,20?,21?,22?,23-,24-,25+,26+,28+,29+/m0/s1. The van der Waals surface area contributed by atoms with Gasteiger partial charge in [-0.15, -0.1) is 0 Å². The molecule has 7 N–H and O–H groups in total. The molecular weight excluding hydrogens is 662 g/mol. The van der Waals surface area contributed by atoms with Crippen LogP contribution in [0.1, 0.15) is 91.4 Å². The first-order valence-electron chi connectivity index (χ1n) is 18.7. The summed E-state index contributed by atoms with van der Waals surface area (Å²) in [4.78, 5) is 98.0. The molecule has 1 aliphatic carbocycles. The molecule has 1 saturated carbocycles. The van der Waals surface area contributed by atoms with Gasteiger partial charge in [-0.25, -0.2) is 0 Å². The number of hydrogen-bond acceptors (Lipinski definition) is 9. The summed E-state index contributed by atoms with van der Waals surface area (Å²) in [6.45, 7) is 5.99. The Morgan fingerprint density at radius 3 is 2.00 bits per heavy atom. The summed E-state index contributed by atoms with van der Waals surface area (Å²) in [5, 5.41) is 34.1. The van der Waals surface area contributed by atoms with Gasteiger partial charge in [0.1, 0.15) is 36.3 Å². The Morgan fingerprint density at radius 2 is 1.33 bits per heavy atom. The molecule has 0 radical (unpaired) electrons. The zero-order valence-electron chi connectivity index (χ0n) is 29.9. The molecule has 6 amide bonds. The first kappa shape index (κ1) is 38.4. The van der Waals surface area contributed by atoms with Crippen LogP contribution in [0.2, 0.25) is 0 Å². The fourth-order valence-electron chi connectivity index (χ4n) is 8.70. The summed E-state index contributed by atoms with van der Waals surface area (Å²) in [6.07, 6.45) is 4.20. The predicted octanol–water partition coefficient (Wildman–Crippen LogP) is -1.01. The third kappa shape index (κ3) is 8.82. The van der Waals surface area contributed by atoms with Crippen LogP contribution in [-0.2, 0) is 33.6 Å². The van der Waals surface area contributed by atoms with Crippen LogP contribution in [0.3, 0.4) is 0 Å². The number of rotatable bonds is 7. The van der Waals surface area contributed by atoms with Crippen molar-refractivity contribution >= 4 is 41.4 Å². The minimum atomic E-state index is -1.56. The number of aliphatic hydroxyl groups is 1. The molecule has 5 aliphatic rings. The molecule has 0 bridgehead atoms. The molecule has 0 aromatic carbocycles. The van der Waals surface area contributed by atoms with E-state index in [2.05, 4.69) is 26.6 Å². The van der Waals surface area contributed by atoms with E-state index in [0.717, 1.165) is 25.7 Å². The molecular formula is C35H55N7O9. The second-order valence-corrected chi connectivity index (χ2v) is 15.4. The van der Waals surface area contributed by atoms with E-state index in [1.807, 2.05) is 0 Å². The molecule has 5 fully saturated rings. The Kier molecular flexibility index (Phi) is 12.6. The Balaban J connectivity index is 1.50. The number of nitrogens with zero attached hydrogens (tertiary/aromatic N) is 2. The lowest BCUT2D eigenvalue weighted by atomic mass is 9.77. The second-order valence-electron chi connectivity index (χ2n) is 15.4. The summed E-state index contributed by atoms with van der Waals surface area (Å²) in [5.41, 5.74) is 0. The maximum atomic E-state index is 14.5. The molecule has 3 unspecified atom stereocenters. The van der Waals surface area contributed by atoms with Crippen molar-refractivity contribution in [3.8, 4) is 0 Å². The van der Waals surface area contributed by atoms with Crippen LogP contribution < -0.4 is 26.6 Å². The van der Waals surface area contributed by atoms with E-state index in [-0.39, 0.29) is 30.7 Å². The van der Waals surface area contributed by atoms with Crippen LogP contribution in [0.4, 0.5) is 0 Å². The molecule has 16 nitrogen and oxygen atoms in total. The second kappa shape index (κ2) is 16.7. The number of carbonyl (C=O) groups excluding carboxylic acids is 6. The highest BCUT2D eigenvalue weighted by molar-refractivity contribution is 5.98. The topological polar surface area (TPSA) is 227 Å². The zero-order valence-corrected chi connectivity index (χ0v) is 29.9. The lowest BCUT2D eigenvalue weighted by Crippen LogP contribution is -2.63. The van der Waals surface area contributed by atoms with Gasteiger partial charge in [0.05, 0.1) is 6.10 Å². The monoisotopic (exact) mass is 717 g/mol. The van der Waals surface area contributed by atoms with E-state index in [9.17, 15) is 43.8 Å². The maximum Gasteiger partial charge on any atom is 0.303 e.